The molecule has 1 fully saturated rings. The normalized spacial score (nSPS) is 16.8. The van der Waals surface area contributed by atoms with Gasteiger partial charge in [-0.3, -0.25) is 9.59 Å². The van der Waals surface area contributed by atoms with Gasteiger partial charge in [0.25, 0.3) is 5.91 Å². The van der Waals surface area contributed by atoms with Gasteiger partial charge in [0.2, 0.25) is 5.91 Å². The van der Waals surface area contributed by atoms with Gasteiger partial charge in [-0.2, -0.15) is 0 Å². The summed E-state index contributed by atoms with van der Waals surface area (Å²) in [6.45, 7) is 0.965. The van der Waals surface area contributed by atoms with Crippen LogP contribution in [0.2, 0.25) is 0 Å². The van der Waals surface area contributed by atoms with Crippen molar-refractivity contribution in [3.05, 3.63) is 157 Å². The van der Waals surface area contributed by atoms with Gasteiger partial charge in [-0.1, -0.05) is 121 Å². The van der Waals surface area contributed by atoms with Crippen molar-refractivity contribution < 1.29 is 19.2 Å². The highest BCUT2D eigenvalue weighted by Gasteiger charge is 2.38. The molecule has 3 unspecified atom stereocenters. The van der Waals surface area contributed by atoms with Crippen LogP contribution in [0.1, 0.15) is 59.8 Å². The molecule has 4 heterocycles. The number of rotatable bonds is 11. The molecule has 2 aliphatic rings. The summed E-state index contributed by atoms with van der Waals surface area (Å²) < 4.78 is 0. The van der Waals surface area contributed by atoms with E-state index >= 15 is 0 Å². The van der Waals surface area contributed by atoms with E-state index < -0.39 is 18.1 Å². The molecule has 4 atom stereocenters. The molecule has 316 valence electrons. The van der Waals surface area contributed by atoms with E-state index in [-0.39, 0.29) is 29.9 Å². The highest BCUT2D eigenvalue weighted by molar-refractivity contribution is 5.89. The molecule has 4 N–H and O–H groups in total. The van der Waals surface area contributed by atoms with Gasteiger partial charge < -0.3 is 40.2 Å². The van der Waals surface area contributed by atoms with Crippen molar-refractivity contribution in [2.75, 3.05) is 41.3 Å². The number of nitrogens with zero attached hydrogens (tertiary/aromatic N) is 6. The number of amides is 6. The molecule has 6 aromatic rings. The van der Waals surface area contributed by atoms with Crippen LogP contribution < -0.4 is 10.6 Å². The first kappa shape index (κ1) is 41.3. The number of aromatic nitrogens is 4. The average Bonchev–Trinajstić information content (AvgIpc) is 4.15. The van der Waals surface area contributed by atoms with Crippen molar-refractivity contribution in [3.8, 4) is 33.6 Å². The third-order valence-corrected chi connectivity index (χ3v) is 11.4. The number of benzene rings is 4. The SMILES string of the molecule is CN(C)C(=O)NC(C(=O)N1CC=CC1c1ncc(-c2ccc(-c3ccc(-c4cnc([C@@H]5CCCN5C(=O)C(NC(=O)N(C)C)c5ccccc5)[nH]4)cc3)cc2)[nH]1)c1ccccc1. The molecule has 6 amide bonds. The zero-order valence-corrected chi connectivity index (χ0v) is 35.2. The van der Waals surface area contributed by atoms with Gasteiger partial charge in [-0.05, 0) is 46.2 Å². The number of aromatic amines is 2. The van der Waals surface area contributed by atoms with Crippen LogP contribution in [0.4, 0.5) is 9.59 Å². The quantitative estimate of drug-likeness (QED) is 0.101. The van der Waals surface area contributed by atoms with E-state index in [4.69, 9.17) is 4.98 Å². The van der Waals surface area contributed by atoms with Crippen LogP contribution in [0.3, 0.4) is 0 Å². The van der Waals surface area contributed by atoms with E-state index in [9.17, 15) is 19.2 Å². The molecule has 4 aromatic carbocycles. The Bertz CT molecular complexity index is 2550. The molecule has 2 aliphatic heterocycles. The third kappa shape index (κ3) is 8.71. The predicted molar refractivity (Wildman–Crippen MR) is 237 cm³/mol. The highest BCUT2D eigenvalue weighted by Crippen LogP contribution is 2.35. The van der Waals surface area contributed by atoms with Crippen molar-refractivity contribution in [3.63, 3.8) is 0 Å². The Morgan fingerprint density at radius 1 is 0.613 bits per heavy atom. The van der Waals surface area contributed by atoms with Gasteiger partial charge in [0.1, 0.15) is 29.8 Å². The van der Waals surface area contributed by atoms with Crippen molar-refractivity contribution in [2.45, 2.75) is 37.0 Å². The lowest BCUT2D eigenvalue weighted by Crippen LogP contribution is -2.45. The van der Waals surface area contributed by atoms with E-state index in [1.54, 1.807) is 39.3 Å². The van der Waals surface area contributed by atoms with Gasteiger partial charge in [-0.25, -0.2) is 19.6 Å². The standard InChI is InChI=1S/C48H50N10O4/c1-55(2)47(61)53-41(35-13-7-5-8-14-35)45(59)57-27-11-17-39(57)43-49-29-37(51-43)33-23-19-31(20-24-33)32-21-25-34(26-22-32)38-30-50-44(52-38)40-18-12-28-58(40)46(60)42(54-48(62)56(3)4)36-15-9-6-10-16-36/h5-11,13-17,19-26,29-30,39-42H,12,18,27-28H2,1-4H3,(H,49,51)(H,50,52)(H,53,61)(H,54,62)/t39?,40-,41?,42?/m0/s1. The summed E-state index contributed by atoms with van der Waals surface area (Å²) in [7, 11) is 6.59. The van der Waals surface area contributed by atoms with Gasteiger partial charge in [0, 0.05) is 41.3 Å². The van der Waals surface area contributed by atoms with Crippen LogP contribution in [0.25, 0.3) is 33.6 Å². The summed E-state index contributed by atoms with van der Waals surface area (Å²) in [6, 6.07) is 32.0. The Morgan fingerprint density at radius 3 is 1.56 bits per heavy atom. The number of urea groups is 2. The number of imidazole rings is 2. The summed E-state index contributed by atoms with van der Waals surface area (Å²) >= 11 is 0. The van der Waals surface area contributed by atoms with E-state index in [1.807, 2.05) is 96.0 Å². The number of nitrogens with one attached hydrogen (secondary N) is 4. The predicted octanol–water partition coefficient (Wildman–Crippen LogP) is 7.26. The molecule has 14 heteroatoms. The van der Waals surface area contributed by atoms with Crippen molar-refractivity contribution in [1.29, 1.82) is 0 Å². The molecule has 1 saturated heterocycles. The minimum Gasteiger partial charge on any atom is -0.340 e. The maximum absolute atomic E-state index is 14.1. The minimum absolute atomic E-state index is 0.166. The van der Waals surface area contributed by atoms with E-state index in [1.165, 1.54) is 9.80 Å². The zero-order chi connectivity index (χ0) is 43.3. The minimum atomic E-state index is -0.856. The molecular formula is C48H50N10O4. The molecule has 14 nitrogen and oxygen atoms in total. The first-order valence-electron chi connectivity index (χ1n) is 20.7. The molecule has 0 aliphatic carbocycles. The molecule has 0 spiro atoms. The van der Waals surface area contributed by atoms with Crippen LogP contribution in [0.15, 0.2) is 134 Å². The highest BCUT2D eigenvalue weighted by atomic mass is 16.2. The monoisotopic (exact) mass is 830 g/mol. The summed E-state index contributed by atoms with van der Waals surface area (Å²) in [6.07, 6.45) is 9.07. The number of hydrogen-bond donors (Lipinski definition) is 4. The lowest BCUT2D eigenvalue weighted by Gasteiger charge is -2.29. The Hall–Kier alpha value is -7.48. The second-order valence-corrected chi connectivity index (χ2v) is 15.9. The largest absolute Gasteiger partial charge is 0.340 e. The van der Waals surface area contributed by atoms with Crippen LogP contribution in [0.5, 0.6) is 0 Å². The first-order chi connectivity index (χ1) is 30.0. The van der Waals surface area contributed by atoms with Gasteiger partial charge >= 0.3 is 12.1 Å². The fourth-order valence-corrected chi connectivity index (χ4v) is 7.98. The fraction of sp³-hybridized carbons (Fsp3) is 0.250. The Kier molecular flexibility index (Phi) is 12.0. The maximum Gasteiger partial charge on any atom is 0.317 e. The number of hydrogen-bond acceptors (Lipinski definition) is 6. The Labute approximate surface area is 360 Å². The number of carbonyl (C=O) groups is 4. The van der Waals surface area contributed by atoms with Crippen LogP contribution in [-0.4, -0.2) is 105 Å². The van der Waals surface area contributed by atoms with Crippen LogP contribution in [0, 0.1) is 0 Å². The number of likely N-dealkylation sites (tertiary alicyclic amines) is 1. The first-order valence-corrected chi connectivity index (χ1v) is 20.7. The van der Waals surface area contributed by atoms with Crippen molar-refractivity contribution >= 4 is 23.9 Å². The van der Waals surface area contributed by atoms with Gasteiger partial charge in [0.05, 0.1) is 29.8 Å². The summed E-state index contributed by atoms with van der Waals surface area (Å²) in [4.78, 5) is 76.2. The van der Waals surface area contributed by atoms with Crippen LogP contribution >= 0.6 is 0 Å². The molecular weight excluding hydrogens is 781 g/mol. The summed E-state index contributed by atoms with van der Waals surface area (Å²) in [5.41, 5.74) is 7.10. The number of H-pyrrole nitrogens is 2. The molecule has 0 bridgehead atoms. The smallest absolute Gasteiger partial charge is 0.317 e. The zero-order valence-electron chi connectivity index (χ0n) is 35.2. The molecule has 0 radical (unpaired) electrons. The lowest BCUT2D eigenvalue weighted by atomic mass is 10.0. The lowest BCUT2D eigenvalue weighted by molar-refractivity contribution is -0.135. The molecule has 8 rings (SSSR count). The fourth-order valence-electron chi connectivity index (χ4n) is 7.98. The maximum atomic E-state index is 14.1. The van der Waals surface area contributed by atoms with Crippen molar-refractivity contribution in [2.24, 2.45) is 0 Å². The molecule has 0 saturated carbocycles. The van der Waals surface area contributed by atoms with E-state index in [0.717, 1.165) is 52.0 Å². The average molecular weight is 831 g/mol. The second kappa shape index (κ2) is 18.0. The van der Waals surface area contributed by atoms with E-state index in [0.29, 0.717) is 30.3 Å². The summed E-state index contributed by atoms with van der Waals surface area (Å²) in [5, 5.41) is 5.79. The molecule has 62 heavy (non-hydrogen) atoms. The third-order valence-electron chi connectivity index (χ3n) is 11.4. The second-order valence-electron chi connectivity index (χ2n) is 15.9. The topological polar surface area (TPSA) is 163 Å². The molecule has 2 aromatic heterocycles. The van der Waals surface area contributed by atoms with Crippen molar-refractivity contribution in [1.82, 2.24) is 50.2 Å². The Morgan fingerprint density at radius 2 is 1.06 bits per heavy atom. The van der Waals surface area contributed by atoms with E-state index in [2.05, 4.69) is 62.0 Å². The van der Waals surface area contributed by atoms with Gasteiger partial charge in [-0.15, -0.1) is 0 Å². The summed E-state index contributed by atoms with van der Waals surface area (Å²) in [5.74, 6) is 0.953. The van der Waals surface area contributed by atoms with Gasteiger partial charge in [0.15, 0.2) is 0 Å². The number of carbonyl (C=O) groups excluding carboxylic acids is 4. The van der Waals surface area contributed by atoms with Crippen LogP contribution in [-0.2, 0) is 9.59 Å². The Balaban J connectivity index is 0.930.